The van der Waals surface area contributed by atoms with Crippen LogP contribution in [0.5, 0.6) is 11.5 Å². The van der Waals surface area contributed by atoms with Gasteiger partial charge in [-0.2, -0.15) is 26.3 Å². The Labute approximate surface area is 244 Å². The molecule has 3 aromatic carbocycles. The lowest BCUT2D eigenvalue weighted by atomic mass is 9.72. The van der Waals surface area contributed by atoms with E-state index in [1.165, 1.54) is 24.3 Å². The van der Waals surface area contributed by atoms with Crippen LogP contribution in [-0.4, -0.2) is 39.8 Å². The molecule has 0 saturated heterocycles. The first-order valence-corrected chi connectivity index (χ1v) is 13.0. The molecule has 0 radical (unpaired) electrons. The summed E-state index contributed by atoms with van der Waals surface area (Å²) >= 11 is 0. The minimum Gasteiger partial charge on any atom is -0.506 e. The van der Waals surface area contributed by atoms with E-state index in [9.17, 15) is 46.1 Å². The fraction of sp³-hybridized carbons (Fsp3) is 0.355. The van der Waals surface area contributed by atoms with E-state index in [1.807, 2.05) is 0 Å². The molecule has 0 unspecified atom stereocenters. The molecular formula is C31H32F6N2O4. The summed E-state index contributed by atoms with van der Waals surface area (Å²) < 4.78 is 88.7. The number of Topliss-reactive ketones (excluding diaryl/α,β-unsaturated/α-hetero) is 1. The highest BCUT2D eigenvalue weighted by atomic mass is 19.4. The molecule has 0 aromatic heterocycles. The van der Waals surface area contributed by atoms with E-state index in [-0.39, 0.29) is 17.0 Å². The van der Waals surface area contributed by atoms with Gasteiger partial charge in [-0.05, 0) is 68.3 Å². The molecule has 0 aliphatic carbocycles. The highest BCUT2D eigenvalue weighted by molar-refractivity contribution is 6.06. The van der Waals surface area contributed by atoms with Gasteiger partial charge in [0.05, 0.1) is 11.4 Å². The number of rotatable bonds is 6. The predicted octanol–water partition coefficient (Wildman–Crippen LogP) is 8.20. The quantitative estimate of drug-likeness (QED) is 0.128. The van der Waals surface area contributed by atoms with Crippen LogP contribution in [0.15, 0.2) is 60.7 Å². The third kappa shape index (κ3) is 6.73. The second-order valence-corrected chi connectivity index (χ2v) is 12.2. The van der Waals surface area contributed by atoms with Gasteiger partial charge in [0.2, 0.25) is 5.41 Å². The lowest BCUT2D eigenvalue weighted by molar-refractivity contribution is -0.288. The Morgan fingerprint density at radius 3 is 1.47 bits per heavy atom. The number of amides is 1. The van der Waals surface area contributed by atoms with Crippen LogP contribution in [0.1, 0.15) is 73.4 Å². The minimum atomic E-state index is -5.96. The standard InChI is InChI=1S/C31H32F6N2O4/c1-27(2,3)25(42)17-7-9-18(10-8-17)26(43)38-21-15-19(11-13-23(21)40)29(30(32,33)34,31(35,36)37)20-12-14-24(41)22(16-20)39-28(4,5)6/h7-16,39-41H,1-6H3,(H,38,43). The van der Waals surface area contributed by atoms with Crippen LogP contribution in [0.25, 0.3) is 0 Å². The molecule has 0 fully saturated rings. The summed E-state index contributed by atoms with van der Waals surface area (Å²) in [5.41, 5.74) is -9.58. The number of phenols is 2. The molecule has 0 aliphatic heterocycles. The molecule has 0 spiro atoms. The van der Waals surface area contributed by atoms with Gasteiger partial charge in [0.1, 0.15) is 11.5 Å². The molecule has 0 saturated carbocycles. The number of alkyl halides is 6. The van der Waals surface area contributed by atoms with Gasteiger partial charge in [0.15, 0.2) is 5.78 Å². The first-order valence-electron chi connectivity index (χ1n) is 13.0. The van der Waals surface area contributed by atoms with Crippen molar-refractivity contribution in [3.05, 3.63) is 82.9 Å². The second kappa shape index (κ2) is 11.1. The van der Waals surface area contributed by atoms with E-state index in [0.29, 0.717) is 35.9 Å². The average molecular weight is 611 g/mol. The third-order valence-corrected chi connectivity index (χ3v) is 6.56. The average Bonchev–Trinajstić information content (AvgIpc) is 2.84. The molecule has 12 heteroatoms. The van der Waals surface area contributed by atoms with Crippen LogP contribution in [0, 0.1) is 5.41 Å². The van der Waals surface area contributed by atoms with E-state index < -0.39 is 62.9 Å². The SMILES string of the molecule is CC(C)(C)Nc1cc(C(c2ccc(O)c(NC(=O)c3ccc(C(=O)C(C)(C)C)cc3)c2)(C(F)(F)F)C(F)(F)F)ccc1O. The Hall–Kier alpha value is -4.22. The van der Waals surface area contributed by atoms with Gasteiger partial charge in [-0.25, -0.2) is 0 Å². The Morgan fingerprint density at radius 1 is 0.628 bits per heavy atom. The highest BCUT2D eigenvalue weighted by Crippen LogP contribution is 2.57. The van der Waals surface area contributed by atoms with Crippen molar-refractivity contribution in [2.24, 2.45) is 5.41 Å². The summed E-state index contributed by atoms with van der Waals surface area (Å²) in [6.07, 6.45) is -11.9. The first kappa shape index (κ1) is 33.3. The Morgan fingerprint density at radius 2 is 1.05 bits per heavy atom. The first-order chi connectivity index (χ1) is 19.5. The van der Waals surface area contributed by atoms with E-state index in [2.05, 4.69) is 10.6 Å². The number of benzene rings is 3. The molecule has 0 bridgehead atoms. The van der Waals surface area contributed by atoms with Gasteiger partial charge >= 0.3 is 12.4 Å². The van der Waals surface area contributed by atoms with E-state index in [1.54, 1.807) is 41.5 Å². The van der Waals surface area contributed by atoms with Crippen molar-refractivity contribution in [2.75, 3.05) is 10.6 Å². The fourth-order valence-corrected chi connectivity index (χ4v) is 4.53. The van der Waals surface area contributed by atoms with Gasteiger partial charge in [0.25, 0.3) is 5.91 Å². The third-order valence-electron chi connectivity index (χ3n) is 6.56. The summed E-state index contributed by atoms with van der Waals surface area (Å²) in [4.78, 5) is 25.4. The van der Waals surface area contributed by atoms with Crippen molar-refractivity contribution >= 4 is 23.1 Å². The topological polar surface area (TPSA) is 98.7 Å². The van der Waals surface area contributed by atoms with Crippen LogP contribution >= 0.6 is 0 Å². The number of aromatic hydroxyl groups is 2. The summed E-state index contributed by atoms with van der Waals surface area (Å²) in [7, 11) is 0. The molecule has 0 atom stereocenters. The zero-order valence-electron chi connectivity index (χ0n) is 24.3. The lowest BCUT2D eigenvalue weighted by Gasteiger charge is -2.39. The number of ketones is 1. The monoisotopic (exact) mass is 610 g/mol. The van der Waals surface area contributed by atoms with Gasteiger partial charge < -0.3 is 20.8 Å². The van der Waals surface area contributed by atoms with E-state index in [0.717, 1.165) is 6.07 Å². The van der Waals surface area contributed by atoms with Crippen LogP contribution in [0.3, 0.4) is 0 Å². The number of hydrogen-bond acceptors (Lipinski definition) is 5. The van der Waals surface area contributed by atoms with Crippen molar-refractivity contribution in [1.82, 2.24) is 0 Å². The Bertz CT molecular complexity index is 1500. The second-order valence-electron chi connectivity index (χ2n) is 12.2. The largest absolute Gasteiger partial charge is 0.506 e. The van der Waals surface area contributed by atoms with E-state index in [4.69, 9.17) is 0 Å². The summed E-state index contributed by atoms with van der Waals surface area (Å²) in [6, 6.07) is 8.61. The van der Waals surface area contributed by atoms with Gasteiger partial charge in [-0.15, -0.1) is 0 Å². The maximum atomic E-state index is 14.8. The number of hydrogen-bond donors (Lipinski definition) is 4. The zero-order valence-corrected chi connectivity index (χ0v) is 24.3. The Kier molecular flexibility index (Phi) is 8.61. The molecule has 0 heterocycles. The number of carbonyl (C=O) groups is 2. The highest BCUT2D eigenvalue weighted by Gasteiger charge is 2.72. The van der Waals surface area contributed by atoms with Crippen LogP contribution < -0.4 is 10.6 Å². The number of nitrogens with one attached hydrogen (secondary N) is 2. The van der Waals surface area contributed by atoms with Crippen LogP contribution in [0.4, 0.5) is 37.7 Å². The molecule has 232 valence electrons. The lowest BCUT2D eigenvalue weighted by Crippen LogP contribution is -2.54. The zero-order chi connectivity index (χ0) is 32.8. The van der Waals surface area contributed by atoms with Crippen molar-refractivity contribution in [1.29, 1.82) is 0 Å². The smallest absolute Gasteiger partial charge is 0.411 e. The number of phenolic OH excluding ortho intramolecular Hbond substituents is 2. The van der Waals surface area contributed by atoms with E-state index >= 15 is 0 Å². The summed E-state index contributed by atoms with van der Waals surface area (Å²) in [6.45, 7) is 9.91. The molecule has 0 aliphatic rings. The van der Waals surface area contributed by atoms with Crippen LogP contribution in [0.2, 0.25) is 0 Å². The molecular weight excluding hydrogens is 578 g/mol. The summed E-state index contributed by atoms with van der Waals surface area (Å²) in [5.74, 6) is -2.51. The fourth-order valence-electron chi connectivity index (χ4n) is 4.53. The summed E-state index contributed by atoms with van der Waals surface area (Å²) in [5, 5.41) is 25.4. The molecule has 4 N–H and O–H groups in total. The molecule has 3 aromatic rings. The maximum absolute atomic E-state index is 14.8. The van der Waals surface area contributed by atoms with Gasteiger partial charge in [0, 0.05) is 22.1 Å². The number of carbonyl (C=O) groups excluding carboxylic acids is 2. The molecule has 1 amide bonds. The van der Waals surface area contributed by atoms with Crippen molar-refractivity contribution in [2.45, 2.75) is 64.8 Å². The predicted molar refractivity (Wildman–Crippen MR) is 151 cm³/mol. The number of anilines is 2. The molecule has 6 nitrogen and oxygen atoms in total. The minimum absolute atomic E-state index is 0.0652. The van der Waals surface area contributed by atoms with Crippen molar-refractivity contribution in [3.63, 3.8) is 0 Å². The normalized spacial score (nSPS) is 13.0. The molecule has 3 rings (SSSR count). The number of halogens is 6. The Balaban J connectivity index is 2.15. The van der Waals surface area contributed by atoms with Gasteiger partial charge in [-0.1, -0.05) is 45.0 Å². The molecule has 43 heavy (non-hydrogen) atoms. The van der Waals surface area contributed by atoms with Gasteiger partial charge in [-0.3, -0.25) is 9.59 Å². The van der Waals surface area contributed by atoms with Crippen LogP contribution in [-0.2, 0) is 5.41 Å². The maximum Gasteiger partial charge on any atom is 0.411 e. The van der Waals surface area contributed by atoms with Crippen molar-refractivity contribution < 1.29 is 46.1 Å². The van der Waals surface area contributed by atoms with Crippen molar-refractivity contribution in [3.8, 4) is 11.5 Å².